The zero-order valence-electron chi connectivity index (χ0n) is 9.39. The predicted molar refractivity (Wildman–Crippen MR) is 58.8 cm³/mol. The minimum Gasteiger partial charge on any atom is -0.378 e. The van der Waals surface area contributed by atoms with Gasteiger partial charge in [0.2, 0.25) is 10.0 Å². The van der Waals surface area contributed by atoms with E-state index >= 15 is 0 Å². The van der Waals surface area contributed by atoms with Gasteiger partial charge in [-0.2, -0.15) is 4.31 Å². The van der Waals surface area contributed by atoms with Crippen molar-refractivity contribution in [3.63, 3.8) is 0 Å². The van der Waals surface area contributed by atoms with Crippen molar-refractivity contribution in [1.29, 1.82) is 0 Å². The molecule has 2 fully saturated rings. The van der Waals surface area contributed by atoms with Gasteiger partial charge in [-0.3, -0.25) is 0 Å². The number of hydrogen-bond acceptors (Lipinski definition) is 5. The zero-order chi connectivity index (χ0) is 11.6. The third-order valence-electron chi connectivity index (χ3n) is 2.92. The first-order chi connectivity index (χ1) is 7.64. The van der Waals surface area contributed by atoms with Gasteiger partial charge in [-0.05, 0) is 7.05 Å². The molecule has 0 bridgehead atoms. The molecule has 0 saturated carbocycles. The third kappa shape index (κ3) is 2.38. The summed E-state index contributed by atoms with van der Waals surface area (Å²) in [6.07, 6.45) is -0.0467. The average Bonchev–Trinajstić information content (AvgIpc) is 2.15. The molecule has 16 heavy (non-hydrogen) atoms. The second-order valence-corrected chi connectivity index (χ2v) is 6.33. The van der Waals surface area contributed by atoms with Crippen LogP contribution in [0.25, 0.3) is 0 Å². The Kier molecular flexibility index (Phi) is 3.81. The molecule has 0 amide bonds. The lowest BCUT2D eigenvalue weighted by atomic mass is 10.3. The summed E-state index contributed by atoms with van der Waals surface area (Å²) in [7, 11) is -1.35. The molecule has 0 unspecified atom stereocenters. The van der Waals surface area contributed by atoms with Crippen LogP contribution in [0.3, 0.4) is 0 Å². The van der Waals surface area contributed by atoms with Gasteiger partial charge in [0.05, 0.1) is 25.9 Å². The first-order valence-corrected chi connectivity index (χ1v) is 6.98. The minimum atomic E-state index is -3.18. The Morgan fingerprint density at radius 2 is 2.19 bits per heavy atom. The standard InChI is InChI=1S/C9H18N2O4S/c1-10-4-8-5-11(2-3-15-8)16(12,13)9-6-14-7-9/h8-10H,2-7H2,1H3/t8-/m0/s1. The monoisotopic (exact) mass is 250 g/mol. The van der Waals surface area contributed by atoms with Crippen LogP contribution in [0, 0.1) is 0 Å². The highest BCUT2D eigenvalue weighted by atomic mass is 32.2. The maximum Gasteiger partial charge on any atom is 0.221 e. The van der Waals surface area contributed by atoms with E-state index in [0.29, 0.717) is 39.5 Å². The molecule has 2 aliphatic rings. The van der Waals surface area contributed by atoms with E-state index in [1.165, 1.54) is 4.31 Å². The minimum absolute atomic E-state index is 0.0467. The van der Waals surface area contributed by atoms with Crippen molar-refractivity contribution in [2.45, 2.75) is 11.4 Å². The molecular weight excluding hydrogens is 232 g/mol. The molecule has 1 N–H and O–H groups in total. The van der Waals surface area contributed by atoms with Crippen LogP contribution >= 0.6 is 0 Å². The Morgan fingerprint density at radius 3 is 2.75 bits per heavy atom. The van der Waals surface area contributed by atoms with E-state index < -0.39 is 10.0 Å². The van der Waals surface area contributed by atoms with Gasteiger partial charge in [0.15, 0.2) is 0 Å². The molecule has 2 saturated heterocycles. The van der Waals surface area contributed by atoms with Crippen LogP contribution in [0.15, 0.2) is 0 Å². The SMILES string of the molecule is CNC[C@H]1CN(S(=O)(=O)C2COC2)CCO1. The van der Waals surface area contributed by atoms with E-state index in [0.717, 1.165) is 0 Å². The van der Waals surface area contributed by atoms with Crippen LogP contribution in [-0.2, 0) is 19.5 Å². The molecule has 2 aliphatic heterocycles. The Hall–Kier alpha value is -0.210. The van der Waals surface area contributed by atoms with Gasteiger partial charge in [0.1, 0.15) is 5.25 Å². The predicted octanol–water partition coefficient (Wildman–Crippen LogP) is -1.36. The molecule has 2 rings (SSSR count). The van der Waals surface area contributed by atoms with E-state index in [1.54, 1.807) is 0 Å². The number of sulfonamides is 1. The van der Waals surface area contributed by atoms with Crippen LogP contribution in [-0.4, -0.2) is 70.6 Å². The number of hydrogen-bond donors (Lipinski definition) is 1. The zero-order valence-corrected chi connectivity index (χ0v) is 10.2. The van der Waals surface area contributed by atoms with Crippen molar-refractivity contribution in [3.05, 3.63) is 0 Å². The lowest BCUT2D eigenvalue weighted by Gasteiger charge is -2.36. The number of morpholine rings is 1. The number of rotatable bonds is 4. The lowest BCUT2D eigenvalue weighted by Crippen LogP contribution is -2.55. The van der Waals surface area contributed by atoms with Crippen molar-refractivity contribution in [2.75, 3.05) is 46.5 Å². The molecule has 0 spiro atoms. The fourth-order valence-electron chi connectivity index (χ4n) is 1.87. The molecule has 0 radical (unpaired) electrons. The van der Waals surface area contributed by atoms with Gasteiger partial charge < -0.3 is 14.8 Å². The van der Waals surface area contributed by atoms with Gasteiger partial charge in [0, 0.05) is 19.6 Å². The third-order valence-corrected chi connectivity index (χ3v) is 5.09. The summed E-state index contributed by atoms with van der Waals surface area (Å²) < 4.78 is 36.1. The summed E-state index contributed by atoms with van der Waals surface area (Å²) in [5, 5.41) is 2.65. The summed E-state index contributed by atoms with van der Waals surface area (Å²) in [6, 6.07) is 0. The second-order valence-electron chi connectivity index (χ2n) is 4.11. The van der Waals surface area contributed by atoms with Gasteiger partial charge in [-0.25, -0.2) is 8.42 Å². The Bertz CT molecular complexity index is 326. The van der Waals surface area contributed by atoms with Crippen LogP contribution in [0.5, 0.6) is 0 Å². The fourth-order valence-corrected chi connectivity index (χ4v) is 3.53. The summed E-state index contributed by atoms with van der Waals surface area (Å²) >= 11 is 0. The van der Waals surface area contributed by atoms with Crippen LogP contribution in [0.4, 0.5) is 0 Å². The van der Waals surface area contributed by atoms with Crippen LogP contribution in [0.2, 0.25) is 0 Å². The maximum atomic E-state index is 12.1. The summed E-state index contributed by atoms with van der Waals surface area (Å²) in [4.78, 5) is 0. The van der Waals surface area contributed by atoms with Crippen molar-refractivity contribution >= 4 is 10.0 Å². The number of likely N-dealkylation sites (N-methyl/N-ethyl adjacent to an activating group) is 1. The van der Waals surface area contributed by atoms with E-state index in [4.69, 9.17) is 9.47 Å². The first kappa shape index (κ1) is 12.3. The second kappa shape index (κ2) is 4.97. The smallest absolute Gasteiger partial charge is 0.221 e. The Labute approximate surface area is 95.9 Å². The molecule has 1 atom stereocenters. The number of nitrogens with one attached hydrogen (secondary N) is 1. The van der Waals surface area contributed by atoms with Crippen LogP contribution in [0.1, 0.15) is 0 Å². The molecule has 0 aromatic heterocycles. The van der Waals surface area contributed by atoms with E-state index in [-0.39, 0.29) is 11.4 Å². The van der Waals surface area contributed by atoms with E-state index in [2.05, 4.69) is 5.32 Å². The Morgan fingerprint density at radius 1 is 1.44 bits per heavy atom. The van der Waals surface area contributed by atoms with Crippen molar-refractivity contribution in [2.24, 2.45) is 0 Å². The van der Waals surface area contributed by atoms with Crippen molar-refractivity contribution in [1.82, 2.24) is 9.62 Å². The molecular formula is C9H18N2O4S. The number of ether oxygens (including phenoxy) is 2. The molecule has 0 aromatic carbocycles. The van der Waals surface area contributed by atoms with Gasteiger partial charge in [-0.15, -0.1) is 0 Å². The van der Waals surface area contributed by atoms with Gasteiger partial charge in [-0.1, -0.05) is 0 Å². The Balaban J connectivity index is 1.97. The first-order valence-electron chi connectivity index (χ1n) is 5.47. The highest BCUT2D eigenvalue weighted by molar-refractivity contribution is 7.89. The summed E-state index contributed by atoms with van der Waals surface area (Å²) in [5.41, 5.74) is 0. The highest BCUT2D eigenvalue weighted by Gasteiger charge is 2.39. The topological polar surface area (TPSA) is 67.9 Å². The molecule has 6 nitrogen and oxygen atoms in total. The molecule has 2 heterocycles. The van der Waals surface area contributed by atoms with Crippen molar-refractivity contribution in [3.8, 4) is 0 Å². The lowest BCUT2D eigenvalue weighted by molar-refractivity contribution is -0.00388. The van der Waals surface area contributed by atoms with E-state index in [1.807, 2.05) is 7.05 Å². The molecule has 94 valence electrons. The average molecular weight is 250 g/mol. The van der Waals surface area contributed by atoms with Crippen LogP contribution < -0.4 is 5.32 Å². The van der Waals surface area contributed by atoms with E-state index in [9.17, 15) is 8.42 Å². The normalized spacial score (nSPS) is 28.9. The van der Waals surface area contributed by atoms with Gasteiger partial charge >= 0.3 is 0 Å². The molecule has 0 aliphatic carbocycles. The molecule has 7 heteroatoms. The summed E-state index contributed by atoms with van der Waals surface area (Å²) in [5.74, 6) is 0. The fraction of sp³-hybridized carbons (Fsp3) is 1.00. The number of nitrogens with zero attached hydrogens (tertiary/aromatic N) is 1. The maximum absolute atomic E-state index is 12.1. The highest BCUT2D eigenvalue weighted by Crippen LogP contribution is 2.19. The largest absolute Gasteiger partial charge is 0.378 e. The van der Waals surface area contributed by atoms with Crippen molar-refractivity contribution < 1.29 is 17.9 Å². The quantitative estimate of drug-likeness (QED) is 0.667. The molecule has 0 aromatic rings. The summed E-state index contributed by atoms with van der Waals surface area (Å²) in [6.45, 7) is 2.71. The van der Waals surface area contributed by atoms with Gasteiger partial charge in [0.25, 0.3) is 0 Å².